The zero-order chi connectivity index (χ0) is 19.6. The van der Waals surface area contributed by atoms with Crippen molar-refractivity contribution in [2.45, 2.75) is 11.8 Å². The quantitative estimate of drug-likeness (QED) is 0.522. The van der Waals surface area contributed by atoms with Crippen LogP contribution in [0.5, 0.6) is 0 Å². The fourth-order valence-corrected chi connectivity index (χ4v) is 5.86. The molecule has 4 aromatic heterocycles. The van der Waals surface area contributed by atoms with Gasteiger partial charge in [0.1, 0.15) is 5.69 Å². The molecule has 1 aliphatic heterocycles. The summed E-state index contributed by atoms with van der Waals surface area (Å²) in [4.78, 5) is 21.5. The van der Waals surface area contributed by atoms with Gasteiger partial charge in [-0.25, -0.2) is 4.98 Å². The first-order valence-electron chi connectivity index (χ1n) is 8.57. The molecule has 0 radical (unpaired) electrons. The number of aromatic nitrogens is 6. The Hall–Kier alpha value is -2.30. The Morgan fingerprint density at radius 2 is 2.14 bits per heavy atom. The predicted molar refractivity (Wildman–Crippen MR) is 113 cm³/mol. The van der Waals surface area contributed by atoms with Crippen LogP contribution in [0.25, 0.3) is 22.3 Å². The normalized spacial score (nSPS) is 16.6. The summed E-state index contributed by atoms with van der Waals surface area (Å²) < 4.78 is 6.18. The van der Waals surface area contributed by atoms with Crippen LogP contribution in [0.3, 0.4) is 0 Å². The number of nitrogens with two attached hydrogens (primary N) is 1. The molecule has 0 saturated carbocycles. The molecular weight excluding hydrogens is 418 g/mol. The number of halogens is 1. The summed E-state index contributed by atoms with van der Waals surface area (Å²) >= 11 is 9.29. The molecule has 0 fully saturated rings. The van der Waals surface area contributed by atoms with E-state index in [1.807, 2.05) is 31.7 Å². The minimum atomic E-state index is -0.340. The van der Waals surface area contributed by atoms with Crippen molar-refractivity contribution >= 4 is 51.6 Å². The number of nitrogens with zero attached hydrogens (tertiary/aromatic N) is 6. The molecule has 11 heteroatoms. The maximum atomic E-state index is 12.9. The van der Waals surface area contributed by atoms with E-state index >= 15 is 0 Å². The first-order valence-corrected chi connectivity index (χ1v) is 10.9. The fourth-order valence-electron chi connectivity index (χ4n) is 3.77. The second kappa shape index (κ2) is 6.36. The van der Waals surface area contributed by atoms with Crippen molar-refractivity contribution in [3.8, 4) is 11.4 Å². The highest BCUT2D eigenvalue weighted by molar-refractivity contribution is 7.99. The smallest absolute Gasteiger partial charge is 0.284 e. The number of fused-ring (bicyclic) bond motifs is 3. The summed E-state index contributed by atoms with van der Waals surface area (Å²) in [7, 11) is 3.69. The van der Waals surface area contributed by atoms with Crippen molar-refractivity contribution in [2.24, 2.45) is 14.1 Å². The molecule has 0 bridgehead atoms. The van der Waals surface area contributed by atoms with Gasteiger partial charge in [-0.1, -0.05) is 11.6 Å². The molecule has 1 atom stereocenters. The SMILES string of the molecule is Cn1ccc(-c2c3c(=O)nc(N)n(C)c3c3n2CCSC3c2csc(Cl)n2)n1. The Balaban J connectivity index is 1.92. The zero-order valence-electron chi connectivity index (χ0n) is 15.1. The van der Waals surface area contributed by atoms with E-state index in [2.05, 4.69) is 19.6 Å². The van der Waals surface area contributed by atoms with Gasteiger partial charge < -0.3 is 14.9 Å². The van der Waals surface area contributed by atoms with Crippen LogP contribution < -0.4 is 11.3 Å². The molecule has 1 unspecified atom stereocenters. The monoisotopic (exact) mass is 433 g/mol. The Morgan fingerprint density at radius 3 is 2.82 bits per heavy atom. The summed E-state index contributed by atoms with van der Waals surface area (Å²) in [6, 6.07) is 1.91. The average Bonchev–Trinajstić information content (AvgIpc) is 3.36. The summed E-state index contributed by atoms with van der Waals surface area (Å²) in [6.45, 7) is 0.758. The molecule has 4 aromatic rings. The maximum absolute atomic E-state index is 12.9. The molecule has 0 saturated heterocycles. The van der Waals surface area contributed by atoms with Gasteiger partial charge >= 0.3 is 0 Å². The second-order valence-electron chi connectivity index (χ2n) is 6.59. The van der Waals surface area contributed by atoms with Gasteiger partial charge in [-0.05, 0) is 6.07 Å². The predicted octanol–water partition coefficient (Wildman–Crippen LogP) is 2.66. The van der Waals surface area contributed by atoms with Crippen LogP contribution in [-0.4, -0.2) is 34.6 Å². The van der Waals surface area contributed by atoms with E-state index < -0.39 is 0 Å². The molecule has 5 heterocycles. The lowest BCUT2D eigenvalue weighted by Gasteiger charge is -2.25. The minimum absolute atomic E-state index is 0.0511. The summed E-state index contributed by atoms with van der Waals surface area (Å²) in [5.74, 6) is 1.07. The van der Waals surface area contributed by atoms with Gasteiger partial charge in [0.2, 0.25) is 5.95 Å². The molecule has 0 aliphatic carbocycles. The number of thioether (sulfide) groups is 1. The lowest BCUT2D eigenvalue weighted by Crippen LogP contribution is -2.18. The van der Waals surface area contributed by atoms with Crippen molar-refractivity contribution in [3.05, 3.63) is 43.9 Å². The Kier molecular flexibility index (Phi) is 4.04. The van der Waals surface area contributed by atoms with Gasteiger partial charge in [0.15, 0.2) is 4.47 Å². The van der Waals surface area contributed by atoms with Crippen LogP contribution in [-0.2, 0) is 20.6 Å². The van der Waals surface area contributed by atoms with Gasteiger partial charge in [-0.15, -0.1) is 23.1 Å². The molecule has 5 rings (SSSR count). The number of hydrogen-bond acceptors (Lipinski definition) is 7. The average molecular weight is 434 g/mol. The molecule has 0 amide bonds. The van der Waals surface area contributed by atoms with E-state index in [-0.39, 0.29) is 16.8 Å². The van der Waals surface area contributed by atoms with E-state index in [0.717, 1.165) is 40.6 Å². The van der Waals surface area contributed by atoms with Gasteiger partial charge in [0.05, 0.1) is 33.2 Å². The molecule has 0 spiro atoms. The Labute approximate surface area is 173 Å². The van der Waals surface area contributed by atoms with Crippen LogP contribution in [0.15, 0.2) is 22.4 Å². The molecule has 2 N–H and O–H groups in total. The number of thiazole rings is 1. The van der Waals surface area contributed by atoms with E-state index in [1.54, 1.807) is 21.0 Å². The summed E-state index contributed by atoms with van der Waals surface area (Å²) in [6.07, 6.45) is 1.87. The molecule has 144 valence electrons. The standard InChI is InChI=1S/C17H16ClN7OS2/c1-23-4-3-8(22-23)11-10-12(24(2)17(19)21-15(10)26)13-14(27-6-5-25(11)13)9-7-28-16(18)20-9/h3-4,7,14H,5-6H2,1-2H3,(H2,19,21,26). The van der Waals surface area contributed by atoms with Crippen molar-refractivity contribution in [1.82, 2.24) is 28.9 Å². The third-order valence-electron chi connectivity index (χ3n) is 4.95. The first-order chi connectivity index (χ1) is 13.5. The summed E-state index contributed by atoms with van der Waals surface area (Å²) in [5, 5.41) is 7.01. The lowest BCUT2D eigenvalue weighted by molar-refractivity contribution is 0.708. The van der Waals surface area contributed by atoms with Crippen LogP contribution in [0.1, 0.15) is 16.6 Å². The summed E-state index contributed by atoms with van der Waals surface area (Å²) in [5.41, 5.74) is 9.88. The highest BCUT2D eigenvalue weighted by atomic mass is 35.5. The molecule has 1 aliphatic rings. The van der Waals surface area contributed by atoms with Crippen LogP contribution in [0, 0.1) is 0 Å². The molecular formula is C17H16ClN7OS2. The number of rotatable bonds is 2. The molecule has 8 nitrogen and oxygen atoms in total. The van der Waals surface area contributed by atoms with Gasteiger partial charge in [0, 0.05) is 38.0 Å². The number of anilines is 1. The van der Waals surface area contributed by atoms with E-state index in [4.69, 9.17) is 17.3 Å². The topological polar surface area (TPSA) is 96.6 Å². The van der Waals surface area contributed by atoms with Crippen LogP contribution in [0.2, 0.25) is 4.47 Å². The number of aryl methyl sites for hydroxylation is 2. The third kappa shape index (κ3) is 2.51. The molecule has 0 aromatic carbocycles. The van der Waals surface area contributed by atoms with Crippen molar-refractivity contribution in [2.75, 3.05) is 11.5 Å². The minimum Gasteiger partial charge on any atom is -0.369 e. The van der Waals surface area contributed by atoms with E-state index in [1.165, 1.54) is 11.3 Å². The maximum Gasteiger partial charge on any atom is 0.284 e. The second-order valence-corrected chi connectivity index (χ2v) is 9.25. The van der Waals surface area contributed by atoms with E-state index in [9.17, 15) is 4.79 Å². The van der Waals surface area contributed by atoms with Crippen molar-refractivity contribution in [3.63, 3.8) is 0 Å². The Morgan fingerprint density at radius 1 is 1.32 bits per heavy atom. The van der Waals surface area contributed by atoms with Gasteiger partial charge in [-0.2, -0.15) is 10.1 Å². The van der Waals surface area contributed by atoms with Gasteiger partial charge in [0.25, 0.3) is 5.56 Å². The highest BCUT2D eigenvalue weighted by Crippen LogP contribution is 2.46. The zero-order valence-corrected chi connectivity index (χ0v) is 17.5. The van der Waals surface area contributed by atoms with Crippen molar-refractivity contribution < 1.29 is 0 Å². The number of hydrogen-bond donors (Lipinski definition) is 1. The first kappa shape index (κ1) is 17.8. The van der Waals surface area contributed by atoms with E-state index in [0.29, 0.717) is 9.85 Å². The third-order valence-corrected chi connectivity index (χ3v) is 7.17. The Bertz CT molecular complexity index is 1280. The molecule has 28 heavy (non-hydrogen) atoms. The van der Waals surface area contributed by atoms with Crippen LogP contribution in [0.4, 0.5) is 5.95 Å². The van der Waals surface area contributed by atoms with Crippen molar-refractivity contribution in [1.29, 1.82) is 0 Å². The largest absolute Gasteiger partial charge is 0.369 e. The highest BCUT2D eigenvalue weighted by Gasteiger charge is 2.34. The fraction of sp³-hybridized carbons (Fsp3) is 0.294. The van der Waals surface area contributed by atoms with Gasteiger partial charge in [-0.3, -0.25) is 9.48 Å². The lowest BCUT2D eigenvalue weighted by atomic mass is 10.2. The number of nitrogen functional groups attached to an aromatic ring is 1. The van der Waals surface area contributed by atoms with Crippen LogP contribution >= 0.6 is 34.7 Å².